The van der Waals surface area contributed by atoms with Gasteiger partial charge in [0.1, 0.15) is 22.4 Å². The summed E-state index contributed by atoms with van der Waals surface area (Å²) >= 11 is 9.23. The molecule has 1 heterocycles. The molecule has 0 saturated heterocycles. The van der Waals surface area contributed by atoms with Crippen LogP contribution in [0.3, 0.4) is 0 Å². The maximum absolute atomic E-state index is 5.81. The number of hydrogen-bond donors (Lipinski definition) is 1. The SMILES string of the molecule is CCNc1ncnc(Oc2ccc(Cl)cc2)c1Br. The van der Waals surface area contributed by atoms with Crippen LogP contribution in [-0.2, 0) is 0 Å². The van der Waals surface area contributed by atoms with Gasteiger partial charge < -0.3 is 10.1 Å². The third-order valence-electron chi connectivity index (χ3n) is 2.13. The zero-order valence-electron chi connectivity index (χ0n) is 9.65. The third-order valence-corrected chi connectivity index (χ3v) is 3.10. The number of ether oxygens (including phenoxy) is 1. The van der Waals surface area contributed by atoms with Gasteiger partial charge in [-0.1, -0.05) is 11.6 Å². The molecule has 0 atom stereocenters. The molecule has 0 radical (unpaired) electrons. The molecule has 2 rings (SSSR count). The van der Waals surface area contributed by atoms with E-state index in [0.717, 1.165) is 6.54 Å². The minimum atomic E-state index is 0.461. The lowest BCUT2D eigenvalue weighted by Gasteiger charge is -2.09. The molecule has 1 aromatic carbocycles. The summed E-state index contributed by atoms with van der Waals surface area (Å²) < 4.78 is 6.35. The first kappa shape index (κ1) is 13.1. The molecule has 0 saturated carbocycles. The highest BCUT2D eigenvalue weighted by Gasteiger charge is 2.10. The predicted octanol–water partition coefficient (Wildman–Crippen LogP) is 4.12. The summed E-state index contributed by atoms with van der Waals surface area (Å²) in [6, 6.07) is 7.09. The van der Waals surface area contributed by atoms with Crippen molar-refractivity contribution in [3.63, 3.8) is 0 Å². The highest BCUT2D eigenvalue weighted by atomic mass is 79.9. The second-order valence-corrected chi connectivity index (χ2v) is 4.66. The predicted molar refractivity (Wildman–Crippen MR) is 75.4 cm³/mol. The van der Waals surface area contributed by atoms with Gasteiger partial charge in [-0.2, -0.15) is 0 Å². The second kappa shape index (κ2) is 6.02. The van der Waals surface area contributed by atoms with Crippen molar-refractivity contribution in [3.8, 4) is 11.6 Å². The third kappa shape index (κ3) is 3.11. The molecule has 0 aliphatic rings. The lowest BCUT2D eigenvalue weighted by Crippen LogP contribution is -2.02. The van der Waals surface area contributed by atoms with Gasteiger partial charge in [0, 0.05) is 11.6 Å². The van der Waals surface area contributed by atoms with Gasteiger partial charge in [0.25, 0.3) is 0 Å². The van der Waals surface area contributed by atoms with Crippen LogP contribution >= 0.6 is 27.5 Å². The van der Waals surface area contributed by atoms with Gasteiger partial charge in [-0.05, 0) is 47.1 Å². The lowest BCUT2D eigenvalue weighted by molar-refractivity contribution is 0.458. The van der Waals surface area contributed by atoms with Crippen molar-refractivity contribution in [1.29, 1.82) is 0 Å². The van der Waals surface area contributed by atoms with E-state index in [1.807, 2.05) is 6.92 Å². The van der Waals surface area contributed by atoms with Crippen molar-refractivity contribution in [1.82, 2.24) is 9.97 Å². The maximum Gasteiger partial charge on any atom is 0.238 e. The first-order chi connectivity index (χ1) is 8.70. The summed E-state index contributed by atoms with van der Waals surface area (Å²) in [6.45, 7) is 2.77. The summed E-state index contributed by atoms with van der Waals surface area (Å²) in [5.41, 5.74) is 0. The average Bonchev–Trinajstić information content (AvgIpc) is 2.37. The summed E-state index contributed by atoms with van der Waals surface area (Å²) in [5, 5.41) is 3.78. The molecule has 4 nitrogen and oxygen atoms in total. The largest absolute Gasteiger partial charge is 0.438 e. The molecule has 94 valence electrons. The minimum absolute atomic E-state index is 0.461. The van der Waals surface area contributed by atoms with Crippen molar-refractivity contribution >= 4 is 33.3 Å². The molecule has 0 spiro atoms. The van der Waals surface area contributed by atoms with Crippen LogP contribution in [-0.4, -0.2) is 16.5 Å². The summed E-state index contributed by atoms with van der Waals surface area (Å²) in [5.74, 6) is 1.83. The van der Waals surface area contributed by atoms with Crippen molar-refractivity contribution in [2.75, 3.05) is 11.9 Å². The summed E-state index contributed by atoms with van der Waals surface area (Å²) in [4.78, 5) is 8.20. The number of nitrogens with one attached hydrogen (secondary N) is 1. The van der Waals surface area contributed by atoms with Gasteiger partial charge in [-0.15, -0.1) is 0 Å². The van der Waals surface area contributed by atoms with Gasteiger partial charge in [0.15, 0.2) is 0 Å². The van der Waals surface area contributed by atoms with Crippen molar-refractivity contribution < 1.29 is 4.74 Å². The van der Waals surface area contributed by atoms with Crippen LogP contribution in [0.2, 0.25) is 5.02 Å². The number of hydrogen-bond acceptors (Lipinski definition) is 4. The summed E-state index contributed by atoms with van der Waals surface area (Å²) in [6.07, 6.45) is 1.45. The fraction of sp³-hybridized carbons (Fsp3) is 0.167. The van der Waals surface area contributed by atoms with Crippen LogP contribution in [0.4, 0.5) is 5.82 Å². The summed E-state index contributed by atoms with van der Waals surface area (Å²) in [7, 11) is 0. The van der Waals surface area contributed by atoms with E-state index in [0.29, 0.717) is 26.9 Å². The molecule has 1 N–H and O–H groups in total. The Hall–Kier alpha value is -1.33. The van der Waals surface area contributed by atoms with Crippen LogP contribution in [0.25, 0.3) is 0 Å². The van der Waals surface area contributed by atoms with E-state index < -0.39 is 0 Å². The number of halogens is 2. The van der Waals surface area contributed by atoms with Crippen LogP contribution < -0.4 is 10.1 Å². The fourth-order valence-corrected chi connectivity index (χ4v) is 1.88. The van der Waals surface area contributed by atoms with E-state index in [2.05, 4.69) is 31.2 Å². The van der Waals surface area contributed by atoms with E-state index in [1.165, 1.54) is 6.33 Å². The molecule has 1 aromatic heterocycles. The van der Waals surface area contributed by atoms with E-state index in [-0.39, 0.29) is 0 Å². The first-order valence-corrected chi connectivity index (χ1v) is 6.55. The quantitative estimate of drug-likeness (QED) is 0.917. The molecule has 0 aliphatic carbocycles. The van der Waals surface area contributed by atoms with E-state index in [9.17, 15) is 0 Å². The Morgan fingerprint density at radius 3 is 2.67 bits per heavy atom. The highest BCUT2D eigenvalue weighted by Crippen LogP contribution is 2.32. The maximum atomic E-state index is 5.81. The number of aromatic nitrogens is 2. The zero-order chi connectivity index (χ0) is 13.0. The van der Waals surface area contributed by atoms with Gasteiger partial charge in [-0.25, -0.2) is 9.97 Å². The molecule has 6 heteroatoms. The van der Waals surface area contributed by atoms with Crippen molar-refractivity contribution in [2.24, 2.45) is 0 Å². The van der Waals surface area contributed by atoms with Gasteiger partial charge in [-0.3, -0.25) is 0 Å². The van der Waals surface area contributed by atoms with E-state index >= 15 is 0 Å². The van der Waals surface area contributed by atoms with Crippen LogP contribution in [0.5, 0.6) is 11.6 Å². The topological polar surface area (TPSA) is 47.0 Å². The molecule has 0 aliphatic heterocycles. The monoisotopic (exact) mass is 327 g/mol. The van der Waals surface area contributed by atoms with Gasteiger partial charge in [0.2, 0.25) is 5.88 Å². The number of nitrogens with zero attached hydrogens (tertiary/aromatic N) is 2. The smallest absolute Gasteiger partial charge is 0.238 e. The normalized spacial score (nSPS) is 10.2. The van der Waals surface area contributed by atoms with Gasteiger partial charge >= 0.3 is 0 Å². The first-order valence-electron chi connectivity index (χ1n) is 5.38. The molecule has 0 bridgehead atoms. The van der Waals surface area contributed by atoms with Crippen molar-refractivity contribution in [3.05, 3.63) is 40.1 Å². The number of anilines is 1. The van der Waals surface area contributed by atoms with Crippen LogP contribution in [0, 0.1) is 0 Å². The Bertz CT molecular complexity index is 533. The van der Waals surface area contributed by atoms with E-state index in [4.69, 9.17) is 16.3 Å². The average molecular weight is 329 g/mol. The van der Waals surface area contributed by atoms with Gasteiger partial charge in [0.05, 0.1) is 0 Å². The molecule has 0 unspecified atom stereocenters. The van der Waals surface area contributed by atoms with Crippen LogP contribution in [0.15, 0.2) is 35.1 Å². The minimum Gasteiger partial charge on any atom is -0.438 e. The molecule has 0 amide bonds. The second-order valence-electron chi connectivity index (χ2n) is 3.43. The zero-order valence-corrected chi connectivity index (χ0v) is 12.0. The number of rotatable bonds is 4. The Balaban J connectivity index is 2.23. The highest BCUT2D eigenvalue weighted by molar-refractivity contribution is 9.10. The van der Waals surface area contributed by atoms with E-state index in [1.54, 1.807) is 24.3 Å². The molecular weight excluding hydrogens is 318 g/mol. The Morgan fingerprint density at radius 1 is 1.28 bits per heavy atom. The molecule has 0 fully saturated rings. The lowest BCUT2D eigenvalue weighted by atomic mass is 10.3. The molecular formula is C12H11BrClN3O. The standard InChI is InChI=1S/C12H11BrClN3O/c1-2-15-11-10(13)12(17-7-16-11)18-9-5-3-8(14)4-6-9/h3-7H,2H2,1H3,(H,15,16,17). The fourth-order valence-electron chi connectivity index (χ4n) is 1.33. The Labute approximate surface area is 118 Å². The van der Waals surface area contributed by atoms with Crippen LogP contribution in [0.1, 0.15) is 6.92 Å². The Morgan fingerprint density at radius 2 is 2.00 bits per heavy atom. The van der Waals surface area contributed by atoms with Crippen molar-refractivity contribution in [2.45, 2.75) is 6.92 Å². The molecule has 18 heavy (non-hydrogen) atoms. The molecule has 2 aromatic rings. The number of benzene rings is 1. The Kier molecular flexibility index (Phi) is 4.38.